The van der Waals surface area contributed by atoms with E-state index in [0.29, 0.717) is 11.5 Å². The topological polar surface area (TPSA) is 15.3 Å². The Balaban J connectivity index is 1.23. The van der Waals surface area contributed by atoms with Gasteiger partial charge in [0.25, 0.3) is 0 Å². The van der Waals surface area contributed by atoms with Gasteiger partial charge in [-0.2, -0.15) is 0 Å². The molecule has 1 aliphatic carbocycles. The zero-order valence-corrected chi connectivity index (χ0v) is 14.5. The van der Waals surface area contributed by atoms with Crippen LogP contribution in [-0.2, 0) is 11.8 Å². The molecule has 2 aliphatic rings. The molecular formula is C22H28N2. The van der Waals surface area contributed by atoms with Crippen LogP contribution in [0, 0.1) is 0 Å². The van der Waals surface area contributed by atoms with Crippen LogP contribution in [0.2, 0.25) is 0 Å². The van der Waals surface area contributed by atoms with E-state index in [0.717, 1.165) is 6.54 Å². The first kappa shape index (κ1) is 15.9. The summed E-state index contributed by atoms with van der Waals surface area (Å²) in [7, 11) is 0. The number of rotatable bonds is 7. The maximum absolute atomic E-state index is 3.87. The molecule has 4 rings (SSSR count). The van der Waals surface area contributed by atoms with Crippen LogP contribution >= 0.6 is 0 Å². The molecule has 2 aromatic rings. The zero-order valence-electron chi connectivity index (χ0n) is 14.5. The number of likely N-dealkylation sites (tertiary alicyclic amines) is 1. The molecule has 0 aromatic heterocycles. The van der Waals surface area contributed by atoms with Crippen LogP contribution in [0.25, 0.3) is 0 Å². The largest absolute Gasteiger partial charge is 0.312 e. The van der Waals surface area contributed by atoms with Crippen LogP contribution in [0.5, 0.6) is 0 Å². The first-order valence-corrected chi connectivity index (χ1v) is 9.39. The minimum absolute atomic E-state index is 0.429. The summed E-state index contributed by atoms with van der Waals surface area (Å²) in [6, 6.07) is 22.6. The second kappa shape index (κ2) is 7.08. The van der Waals surface area contributed by atoms with E-state index >= 15 is 0 Å². The predicted octanol–water partition coefficient (Wildman–Crippen LogP) is 3.62. The lowest BCUT2D eigenvalue weighted by molar-refractivity contribution is 0.330. The van der Waals surface area contributed by atoms with Crippen molar-refractivity contribution in [2.24, 2.45) is 0 Å². The van der Waals surface area contributed by atoms with Gasteiger partial charge in [0, 0.05) is 31.1 Å². The summed E-state index contributed by atoms with van der Waals surface area (Å²) in [6.45, 7) is 4.78. The quantitative estimate of drug-likeness (QED) is 0.838. The van der Waals surface area contributed by atoms with Gasteiger partial charge in [-0.05, 0) is 43.4 Å². The summed E-state index contributed by atoms with van der Waals surface area (Å²) in [5.41, 5.74) is 3.41. The zero-order chi connectivity index (χ0) is 16.2. The summed E-state index contributed by atoms with van der Waals surface area (Å²) >= 11 is 0. The van der Waals surface area contributed by atoms with Gasteiger partial charge in [0.15, 0.2) is 0 Å². The normalized spacial score (nSPS) is 22.6. The van der Waals surface area contributed by atoms with E-state index in [-0.39, 0.29) is 0 Å². The van der Waals surface area contributed by atoms with Gasteiger partial charge in [0.2, 0.25) is 0 Å². The summed E-state index contributed by atoms with van der Waals surface area (Å²) in [5.74, 6) is 0. The summed E-state index contributed by atoms with van der Waals surface area (Å²) in [4.78, 5) is 2.62. The van der Waals surface area contributed by atoms with E-state index in [9.17, 15) is 0 Å². The highest BCUT2D eigenvalue weighted by Gasteiger charge is 2.44. The van der Waals surface area contributed by atoms with E-state index in [1.54, 1.807) is 0 Å². The molecular weight excluding hydrogens is 292 g/mol. The molecule has 0 spiro atoms. The van der Waals surface area contributed by atoms with Crippen molar-refractivity contribution in [2.75, 3.05) is 26.2 Å². The lowest BCUT2D eigenvalue weighted by Crippen LogP contribution is -2.38. The maximum atomic E-state index is 3.87. The van der Waals surface area contributed by atoms with E-state index in [2.05, 4.69) is 70.9 Å². The highest BCUT2D eigenvalue weighted by Crippen LogP contribution is 2.47. The average Bonchev–Trinajstić information content (AvgIpc) is 3.31. The molecule has 0 amide bonds. The summed E-state index contributed by atoms with van der Waals surface area (Å²) in [5, 5.41) is 3.87. The molecule has 1 atom stereocenters. The third-order valence-electron chi connectivity index (χ3n) is 5.80. The molecule has 1 N–H and O–H groups in total. The Morgan fingerprint density at radius 3 is 2.38 bits per heavy atom. The van der Waals surface area contributed by atoms with Crippen LogP contribution < -0.4 is 5.32 Å². The Morgan fingerprint density at radius 1 is 0.958 bits per heavy atom. The Labute approximate surface area is 145 Å². The monoisotopic (exact) mass is 320 g/mol. The maximum Gasteiger partial charge on any atom is 0.0207 e. The molecule has 0 unspecified atom stereocenters. The Morgan fingerprint density at radius 2 is 1.67 bits per heavy atom. The molecule has 126 valence electrons. The molecule has 24 heavy (non-hydrogen) atoms. The van der Waals surface area contributed by atoms with Crippen LogP contribution in [-0.4, -0.2) is 37.1 Å². The van der Waals surface area contributed by atoms with Crippen molar-refractivity contribution in [1.29, 1.82) is 0 Å². The van der Waals surface area contributed by atoms with Gasteiger partial charge in [0.05, 0.1) is 0 Å². The second-order valence-corrected chi connectivity index (χ2v) is 7.55. The van der Waals surface area contributed by atoms with Gasteiger partial charge in [-0.15, -0.1) is 0 Å². The van der Waals surface area contributed by atoms with Crippen LogP contribution in [0.1, 0.15) is 30.4 Å². The van der Waals surface area contributed by atoms with E-state index in [1.165, 1.54) is 56.4 Å². The summed E-state index contributed by atoms with van der Waals surface area (Å²) < 4.78 is 0. The fourth-order valence-corrected chi connectivity index (χ4v) is 3.98. The van der Waals surface area contributed by atoms with E-state index in [1.807, 2.05) is 0 Å². The van der Waals surface area contributed by atoms with Gasteiger partial charge >= 0.3 is 0 Å². The minimum atomic E-state index is 0.429. The van der Waals surface area contributed by atoms with E-state index in [4.69, 9.17) is 0 Å². The van der Waals surface area contributed by atoms with Crippen molar-refractivity contribution in [2.45, 2.75) is 37.1 Å². The molecule has 2 heteroatoms. The lowest BCUT2D eigenvalue weighted by Gasteiger charge is -2.21. The van der Waals surface area contributed by atoms with Crippen molar-refractivity contribution in [1.82, 2.24) is 10.2 Å². The standard InChI is InChI=1S/C22H28N2/c1-3-7-19(8-4-1)11-15-24-16-12-21(17-24)23-18-22(13-14-22)20-9-5-2-6-10-20/h1-10,21,23H,11-18H2/t21-/m0/s1. The highest BCUT2D eigenvalue weighted by atomic mass is 15.2. The SMILES string of the molecule is c1ccc(CCN2CC[C@H](NCC3(c4ccccc4)CC3)C2)cc1. The van der Waals surface area contributed by atoms with Gasteiger partial charge in [0.1, 0.15) is 0 Å². The lowest BCUT2D eigenvalue weighted by atomic mass is 9.95. The number of hydrogen-bond donors (Lipinski definition) is 1. The Bertz CT molecular complexity index is 634. The van der Waals surface area contributed by atoms with Crippen LogP contribution in [0.15, 0.2) is 60.7 Å². The minimum Gasteiger partial charge on any atom is -0.312 e. The molecule has 2 aromatic carbocycles. The number of nitrogens with zero attached hydrogens (tertiary/aromatic N) is 1. The predicted molar refractivity (Wildman–Crippen MR) is 100 cm³/mol. The second-order valence-electron chi connectivity index (χ2n) is 7.55. The molecule has 1 heterocycles. The molecule has 0 radical (unpaired) electrons. The Hall–Kier alpha value is -1.64. The van der Waals surface area contributed by atoms with E-state index < -0.39 is 0 Å². The molecule has 1 saturated heterocycles. The van der Waals surface area contributed by atoms with Crippen molar-refractivity contribution in [3.05, 3.63) is 71.8 Å². The highest BCUT2D eigenvalue weighted by molar-refractivity contribution is 5.31. The van der Waals surface area contributed by atoms with Crippen molar-refractivity contribution in [3.8, 4) is 0 Å². The summed E-state index contributed by atoms with van der Waals surface area (Å²) in [6.07, 6.45) is 5.14. The smallest absolute Gasteiger partial charge is 0.0207 e. The molecule has 1 aliphatic heterocycles. The van der Waals surface area contributed by atoms with Gasteiger partial charge in [-0.3, -0.25) is 0 Å². The molecule has 1 saturated carbocycles. The van der Waals surface area contributed by atoms with Crippen LogP contribution in [0.4, 0.5) is 0 Å². The van der Waals surface area contributed by atoms with Crippen molar-refractivity contribution in [3.63, 3.8) is 0 Å². The third-order valence-corrected chi connectivity index (χ3v) is 5.80. The van der Waals surface area contributed by atoms with Gasteiger partial charge in [-0.25, -0.2) is 0 Å². The molecule has 2 fully saturated rings. The third kappa shape index (κ3) is 3.71. The van der Waals surface area contributed by atoms with Gasteiger partial charge < -0.3 is 10.2 Å². The first-order chi connectivity index (χ1) is 11.8. The first-order valence-electron chi connectivity index (χ1n) is 9.39. The molecule has 2 nitrogen and oxygen atoms in total. The average molecular weight is 320 g/mol. The van der Waals surface area contributed by atoms with Crippen molar-refractivity contribution < 1.29 is 0 Å². The Kier molecular flexibility index (Phi) is 4.68. The number of hydrogen-bond acceptors (Lipinski definition) is 2. The molecule has 0 bridgehead atoms. The fourth-order valence-electron chi connectivity index (χ4n) is 3.98. The number of benzene rings is 2. The number of nitrogens with one attached hydrogen (secondary N) is 1. The van der Waals surface area contributed by atoms with Crippen LogP contribution in [0.3, 0.4) is 0 Å². The fraction of sp³-hybridized carbons (Fsp3) is 0.455. The van der Waals surface area contributed by atoms with Crippen molar-refractivity contribution >= 4 is 0 Å². The van der Waals surface area contributed by atoms with Gasteiger partial charge in [-0.1, -0.05) is 60.7 Å².